The fraction of sp³-hybridized carbons (Fsp3) is 1.00. The molecule has 0 aromatic rings. The van der Waals surface area contributed by atoms with Crippen molar-refractivity contribution in [2.75, 3.05) is 0 Å². The molecule has 0 heterocycles. The highest BCUT2D eigenvalue weighted by atomic mass is 35.5. The third-order valence-electron chi connectivity index (χ3n) is 1.14. The van der Waals surface area contributed by atoms with E-state index in [9.17, 15) is 0 Å². The lowest BCUT2D eigenvalue weighted by molar-refractivity contribution is -0.237. The number of alkyl halides is 2. The van der Waals surface area contributed by atoms with Crippen LogP contribution in [0.5, 0.6) is 0 Å². The molecule has 0 saturated carbocycles. The number of hydrogen-bond donors (Lipinski definition) is 0. The Morgan fingerprint density at radius 2 is 1.00 bits per heavy atom. The summed E-state index contributed by atoms with van der Waals surface area (Å²) < 4.78 is 15.5. The maximum Gasteiger partial charge on any atom is 0.159 e. The van der Waals surface area contributed by atoms with Crippen molar-refractivity contribution in [2.45, 2.75) is 51.4 Å². The second-order valence-electron chi connectivity index (χ2n) is 2.63. The SMILES string of the molecule is CC(Cl)OC(C)OC(C)OC(C)Cl. The molecule has 0 aliphatic carbocycles. The van der Waals surface area contributed by atoms with Crippen molar-refractivity contribution in [3.8, 4) is 0 Å². The monoisotopic (exact) mass is 230 g/mol. The van der Waals surface area contributed by atoms with Crippen molar-refractivity contribution >= 4 is 23.2 Å². The third kappa shape index (κ3) is 8.78. The van der Waals surface area contributed by atoms with Crippen molar-refractivity contribution in [2.24, 2.45) is 0 Å². The second kappa shape index (κ2) is 6.85. The van der Waals surface area contributed by atoms with Gasteiger partial charge in [-0.3, -0.25) is 0 Å². The summed E-state index contributed by atoms with van der Waals surface area (Å²) in [6.45, 7) is 6.93. The Bertz CT molecular complexity index is 117. The van der Waals surface area contributed by atoms with Crippen LogP contribution in [-0.4, -0.2) is 23.7 Å². The van der Waals surface area contributed by atoms with Crippen LogP contribution in [0, 0.1) is 0 Å². The zero-order valence-corrected chi connectivity index (χ0v) is 9.80. The molecule has 0 aliphatic heterocycles. The zero-order valence-electron chi connectivity index (χ0n) is 8.29. The van der Waals surface area contributed by atoms with Gasteiger partial charge in [0.15, 0.2) is 12.6 Å². The average molecular weight is 231 g/mol. The molecule has 4 atom stereocenters. The Labute approximate surface area is 89.2 Å². The van der Waals surface area contributed by atoms with E-state index in [1.165, 1.54) is 0 Å². The fourth-order valence-corrected chi connectivity index (χ4v) is 1.15. The lowest BCUT2D eigenvalue weighted by Crippen LogP contribution is -2.25. The van der Waals surface area contributed by atoms with Crippen molar-refractivity contribution < 1.29 is 14.2 Å². The number of halogens is 2. The molecule has 0 amide bonds. The summed E-state index contributed by atoms with van der Waals surface area (Å²) >= 11 is 11.2. The van der Waals surface area contributed by atoms with Gasteiger partial charge in [0, 0.05) is 0 Å². The predicted molar refractivity (Wildman–Crippen MR) is 52.8 cm³/mol. The van der Waals surface area contributed by atoms with Crippen LogP contribution in [-0.2, 0) is 14.2 Å². The third-order valence-corrected chi connectivity index (χ3v) is 1.35. The van der Waals surface area contributed by atoms with E-state index in [-0.39, 0.29) is 11.1 Å². The summed E-state index contributed by atoms with van der Waals surface area (Å²) in [5, 5.41) is 0. The van der Waals surface area contributed by atoms with Gasteiger partial charge in [-0.15, -0.1) is 0 Å². The van der Waals surface area contributed by atoms with Gasteiger partial charge in [0.2, 0.25) is 0 Å². The lowest BCUT2D eigenvalue weighted by atomic mass is 10.6. The molecule has 0 aliphatic rings. The quantitative estimate of drug-likeness (QED) is 0.519. The van der Waals surface area contributed by atoms with Gasteiger partial charge in [0.05, 0.1) is 0 Å². The maximum absolute atomic E-state index is 5.59. The molecular weight excluding hydrogens is 215 g/mol. The number of ether oxygens (including phenoxy) is 3. The van der Waals surface area contributed by atoms with Crippen LogP contribution in [0.25, 0.3) is 0 Å². The molecule has 80 valence electrons. The molecule has 0 N–H and O–H groups in total. The molecule has 0 aromatic carbocycles. The fourth-order valence-electron chi connectivity index (χ4n) is 0.862. The second-order valence-corrected chi connectivity index (χ2v) is 3.86. The smallest absolute Gasteiger partial charge is 0.159 e. The molecule has 0 rings (SSSR count). The van der Waals surface area contributed by atoms with Crippen LogP contribution in [0.2, 0.25) is 0 Å². The lowest BCUT2D eigenvalue weighted by Gasteiger charge is -2.21. The minimum atomic E-state index is -0.405. The highest BCUT2D eigenvalue weighted by Gasteiger charge is 2.12. The molecule has 13 heavy (non-hydrogen) atoms. The van der Waals surface area contributed by atoms with Gasteiger partial charge < -0.3 is 14.2 Å². The van der Waals surface area contributed by atoms with E-state index in [1.54, 1.807) is 27.7 Å². The summed E-state index contributed by atoms with van der Waals surface area (Å²) in [7, 11) is 0. The molecule has 0 fully saturated rings. The summed E-state index contributed by atoms with van der Waals surface area (Å²) in [5.74, 6) is 0. The van der Waals surface area contributed by atoms with E-state index in [2.05, 4.69) is 0 Å². The van der Waals surface area contributed by atoms with Crippen molar-refractivity contribution in [3.63, 3.8) is 0 Å². The predicted octanol–water partition coefficient (Wildman–Crippen LogP) is 2.90. The van der Waals surface area contributed by atoms with Gasteiger partial charge >= 0.3 is 0 Å². The Kier molecular flexibility index (Phi) is 7.09. The Hall–Kier alpha value is 0.460. The first-order valence-electron chi connectivity index (χ1n) is 4.16. The molecular formula is C8H16Cl2O3. The molecule has 0 spiro atoms. The molecule has 5 heteroatoms. The Balaban J connectivity index is 3.58. The first-order chi connectivity index (χ1) is 5.91. The molecule has 0 aromatic heterocycles. The van der Waals surface area contributed by atoms with Gasteiger partial charge in [-0.25, -0.2) is 0 Å². The minimum Gasteiger partial charge on any atom is -0.334 e. The Morgan fingerprint density at radius 3 is 1.23 bits per heavy atom. The normalized spacial score (nSPS) is 20.8. The molecule has 0 bridgehead atoms. The molecule has 0 radical (unpaired) electrons. The van der Waals surface area contributed by atoms with E-state index < -0.39 is 12.6 Å². The van der Waals surface area contributed by atoms with Gasteiger partial charge in [0.25, 0.3) is 0 Å². The van der Waals surface area contributed by atoms with E-state index in [4.69, 9.17) is 37.4 Å². The van der Waals surface area contributed by atoms with Gasteiger partial charge in [-0.2, -0.15) is 0 Å². The molecule has 0 saturated heterocycles. The highest BCUT2D eigenvalue weighted by Crippen LogP contribution is 2.09. The van der Waals surface area contributed by atoms with Crippen LogP contribution >= 0.6 is 23.2 Å². The van der Waals surface area contributed by atoms with Gasteiger partial charge in [-0.1, -0.05) is 23.2 Å². The van der Waals surface area contributed by atoms with Crippen molar-refractivity contribution in [1.82, 2.24) is 0 Å². The van der Waals surface area contributed by atoms with Crippen molar-refractivity contribution in [3.05, 3.63) is 0 Å². The van der Waals surface area contributed by atoms with Crippen LogP contribution in [0.1, 0.15) is 27.7 Å². The van der Waals surface area contributed by atoms with Crippen LogP contribution in [0.15, 0.2) is 0 Å². The summed E-state index contributed by atoms with van der Waals surface area (Å²) in [4.78, 5) is 0. The van der Waals surface area contributed by atoms with Crippen molar-refractivity contribution in [1.29, 1.82) is 0 Å². The first-order valence-corrected chi connectivity index (χ1v) is 5.03. The summed E-state index contributed by atoms with van der Waals surface area (Å²) in [6, 6.07) is 0. The maximum atomic E-state index is 5.59. The van der Waals surface area contributed by atoms with E-state index >= 15 is 0 Å². The Morgan fingerprint density at radius 1 is 0.692 bits per heavy atom. The largest absolute Gasteiger partial charge is 0.334 e. The number of rotatable bonds is 6. The summed E-state index contributed by atoms with van der Waals surface area (Å²) in [6.07, 6.45) is -0.809. The van der Waals surface area contributed by atoms with E-state index in [0.29, 0.717) is 0 Å². The highest BCUT2D eigenvalue weighted by molar-refractivity contribution is 6.19. The number of hydrogen-bond acceptors (Lipinski definition) is 3. The standard InChI is InChI=1S/C8H16Cl2O3/c1-5(9)11-7(3)13-8(4)12-6(2)10/h5-8H,1-4H3. The minimum absolute atomic E-state index is 0.379. The first kappa shape index (κ1) is 13.5. The van der Waals surface area contributed by atoms with Crippen LogP contribution in [0.3, 0.4) is 0 Å². The van der Waals surface area contributed by atoms with E-state index in [0.717, 1.165) is 0 Å². The van der Waals surface area contributed by atoms with Crippen LogP contribution < -0.4 is 0 Å². The molecule has 3 nitrogen and oxygen atoms in total. The van der Waals surface area contributed by atoms with Gasteiger partial charge in [-0.05, 0) is 27.7 Å². The average Bonchev–Trinajstić information content (AvgIpc) is 1.80. The zero-order chi connectivity index (χ0) is 10.4. The van der Waals surface area contributed by atoms with Crippen LogP contribution in [0.4, 0.5) is 0 Å². The van der Waals surface area contributed by atoms with E-state index in [1.807, 2.05) is 0 Å². The topological polar surface area (TPSA) is 27.7 Å². The molecule has 4 unspecified atom stereocenters. The summed E-state index contributed by atoms with van der Waals surface area (Å²) in [5.41, 5.74) is -0.758. The van der Waals surface area contributed by atoms with Gasteiger partial charge in [0.1, 0.15) is 11.1 Å².